The Hall–Kier alpha value is -0.220. The second kappa shape index (κ2) is 5.92. The van der Waals surface area contributed by atoms with E-state index in [9.17, 15) is 4.79 Å². The number of esters is 1. The smallest absolute Gasteiger partial charge is 0.309 e. The topological polar surface area (TPSA) is 38.3 Å². The third-order valence-electron chi connectivity index (χ3n) is 3.90. The third kappa shape index (κ3) is 2.72. The van der Waals surface area contributed by atoms with Gasteiger partial charge in [0, 0.05) is 0 Å². The molecule has 1 N–H and O–H groups in total. The van der Waals surface area contributed by atoms with Gasteiger partial charge in [0.2, 0.25) is 0 Å². The largest absolute Gasteiger partial charge is 0.469 e. The van der Waals surface area contributed by atoms with Crippen LogP contribution in [0.5, 0.6) is 0 Å². The van der Waals surface area contributed by atoms with Crippen molar-refractivity contribution in [2.24, 2.45) is 17.8 Å². The normalized spacial score (nSPS) is 32.3. The predicted molar refractivity (Wildman–Crippen MR) is 66.5 cm³/mol. The molecular weight excluding hydrogens is 222 g/mol. The number of methoxy groups -OCH3 is 1. The summed E-state index contributed by atoms with van der Waals surface area (Å²) in [5.74, 6) is 3.88. The summed E-state index contributed by atoms with van der Waals surface area (Å²) >= 11 is 2.04. The van der Waals surface area contributed by atoms with Crippen LogP contribution in [0.2, 0.25) is 0 Å². The highest BCUT2D eigenvalue weighted by molar-refractivity contribution is 7.99. The zero-order valence-corrected chi connectivity index (χ0v) is 10.7. The fourth-order valence-electron chi connectivity index (χ4n) is 2.97. The number of ether oxygens (including phenoxy) is 1. The van der Waals surface area contributed by atoms with Gasteiger partial charge < -0.3 is 10.1 Å². The average molecular weight is 243 g/mol. The Morgan fingerprint density at radius 3 is 2.75 bits per heavy atom. The molecule has 3 nitrogen and oxygen atoms in total. The Morgan fingerprint density at radius 1 is 1.31 bits per heavy atom. The minimum Gasteiger partial charge on any atom is -0.469 e. The van der Waals surface area contributed by atoms with Crippen molar-refractivity contribution in [1.29, 1.82) is 0 Å². The van der Waals surface area contributed by atoms with E-state index in [2.05, 4.69) is 5.32 Å². The van der Waals surface area contributed by atoms with Crippen LogP contribution in [0.4, 0.5) is 0 Å². The summed E-state index contributed by atoms with van der Waals surface area (Å²) in [5, 5.41) is 3.43. The van der Waals surface area contributed by atoms with Crippen LogP contribution in [0.3, 0.4) is 0 Å². The van der Waals surface area contributed by atoms with Crippen molar-refractivity contribution in [3.63, 3.8) is 0 Å². The number of thioether (sulfide) groups is 1. The molecule has 2 aliphatic heterocycles. The van der Waals surface area contributed by atoms with E-state index in [-0.39, 0.29) is 11.9 Å². The summed E-state index contributed by atoms with van der Waals surface area (Å²) < 4.78 is 4.94. The molecule has 4 heteroatoms. The molecule has 0 radical (unpaired) electrons. The molecule has 0 bridgehead atoms. The van der Waals surface area contributed by atoms with Gasteiger partial charge in [0.1, 0.15) is 0 Å². The van der Waals surface area contributed by atoms with E-state index in [4.69, 9.17) is 4.74 Å². The number of nitrogens with one attached hydrogen (secondary N) is 1. The molecule has 2 rings (SSSR count). The highest BCUT2D eigenvalue weighted by Crippen LogP contribution is 2.35. The van der Waals surface area contributed by atoms with Gasteiger partial charge in [0.25, 0.3) is 0 Å². The standard InChI is InChI=1S/C12H21NO2S/c1-15-12(14)10-2-5-13-8-11(10)9-3-6-16-7-4-9/h9-11,13H,2-8H2,1H3. The molecule has 2 heterocycles. The highest BCUT2D eigenvalue weighted by Gasteiger charge is 2.37. The van der Waals surface area contributed by atoms with Gasteiger partial charge in [-0.3, -0.25) is 4.79 Å². The van der Waals surface area contributed by atoms with Crippen molar-refractivity contribution >= 4 is 17.7 Å². The Bertz CT molecular complexity index is 241. The lowest BCUT2D eigenvalue weighted by molar-refractivity contribution is -0.149. The first-order chi connectivity index (χ1) is 7.83. The zero-order chi connectivity index (χ0) is 11.4. The van der Waals surface area contributed by atoms with E-state index < -0.39 is 0 Å². The predicted octanol–water partition coefficient (Wildman–Crippen LogP) is 1.53. The lowest BCUT2D eigenvalue weighted by atomic mass is 9.75. The molecule has 16 heavy (non-hydrogen) atoms. The monoisotopic (exact) mass is 243 g/mol. The lowest BCUT2D eigenvalue weighted by Crippen LogP contribution is -2.44. The second-order valence-corrected chi connectivity index (χ2v) is 5.96. The molecule has 2 saturated heterocycles. The van der Waals surface area contributed by atoms with Gasteiger partial charge in [-0.25, -0.2) is 0 Å². The summed E-state index contributed by atoms with van der Waals surface area (Å²) in [6.45, 7) is 1.95. The van der Waals surface area contributed by atoms with Crippen molar-refractivity contribution in [3.05, 3.63) is 0 Å². The maximum atomic E-state index is 11.8. The van der Waals surface area contributed by atoms with Gasteiger partial charge in [-0.1, -0.05) is 0 Å². The number of carbonyl (C=O) groups excluding carboxylic acids is 1. The van der Waals surface area contributed by atoms with Crippen LogP contribution < -0.4 is 5.32 Å². The van der Waals surface area contributed by atoms with Gasteiger partial charge >= 0.3 is 5.97 Å². The molecule has 2 aliphatic rings. The summed E-state index contributed by atoms with van der Waals surface area (Å²) in [5.41, 5.74) is 0. The van der Waals surface area contributed by atoms with E-state index in [0.29, 0.717) is 5.92 Å². The second-order valence-electron chi connectivity index (χ2n) is 4.74. The van der Waals surface area contributed by atoms with Crippen molar-refractivity contribution < 1.29 is 9.53 Å². The summed E-state index contributed by atoms with van der Waals surface area (Å²) in [6.07, 6.45) is 3.48. The molecule has 0 aliphatic carbocycles. The average Bonchev–Trinajstić information content (AvgIpc) is 2.39. The molecule has 2 unspecified atom stereocenters. The van der Waals surface area contributed by atoms with E-state index in [0.717, 1.165) is 25.4 Å². The van der Waals surface area contributed by atoms with Crippen LogP contribution in [0.25, 0.3) is 0 Å². The van der Waals surface area contributed by atoms with Crippen molar-refractivity contribution in [3.8, 4) is 0 Å². The van der Waals surface area contributed by atoms with Crippen LogP contribution in [-0.2, 0) is 9.53 Å². The third-order valence-corrected chi connectivity index (χ3v) is 4.95. The first-order valence-electron chi connectivity index (χ1n) is 6.19. The molecule has 2 fully saturated rings. The van der Waals surface area contributed by atoms with E-state index in [1.807, 2.05) is 11.8 Å². The van der Waals surface area contributed by atoms with Gasteiger partial charge in [-0.05, 0) is 55.7 Å². The number of piperidine rings is 1. The summed E-state index contributed by atoms with van der Waals surface area (Å²) in [4.78, 5) is 11.8. The van der Waals surface area contributed by atoms with Crippen LogP contribution >= 0.6 is 11.8 Å². The molecule has 0 spiro atoms. The SMILES string of the molecule is COC(=O)C1CCNCC1C1CCSCC1. The maximum Gasteiger partial charge on any atom is 0.309 e. The molecule has 0 aromatic heterocycles. The van der Waals surface area contributed by atoms with Crippen LogP contribution in [0.15, 0.2) is 0 Å². The molecule has 0 aromatic carbocycles. The van der Waals surface area contributed by atoms with Crippen LogP contribution in [-0.4, -0.2) is 37.7 Å². The fraction of sp³-hybridized carbons (Fsp3) is 0.917. The molecule has 0 saturated carbocycles. The number of hydrogen-bond donors (Lipinski definition) is 1. The number of rotatable bonds is 2. The highest BCUT2D eigenvalue weighted by atomic mass is 32.2. The minimum absolute atomic E-state index is 0.00438. The van der Waals surface area contributed by atoms with Gasteiger partial charge in [-0.15, -0.1) is 0 Å². The minimum atomic E-state index is 0.00438. The van der Waals surface area contributed by atoms with E-state index >= 15 is 0 Å². The summed E-state index contributed by atoms with van der Waals surface area (Å²) in [6, 6.07) is 0. The Balaban J connectivity index is 2.00. The molecule has 92 valence electrons. The Kier molecular flexibility index (Phi) is 4.53. The molecule has 0 amide bonds. The first-order valence-corrected chi connectivity index (χ1v) is 7.34. The summed E-state index contributed by atoms with van der Waals surface area (Å²) in [7, 11) is 1.51. The van der Waals surface area contributed by atoms with E-state index in [1.165, 1.54) is 31.5 Å². The molecule has 0 aromatic rings. The Morgan fingerprint density at radius 2 is 2.06 bits per heavy atom. The van der Waals surface area contributed by atoms with E-state index in [1.54, 1.807) is 0 Å². The van der Waals surface area contributed by atoms with Gasteiger partial charge in [0.05, 0.1) is 13.0 Å². The van der Waals surface area contributed by atoms with Gasteiger partial charge in [0.15, 0.2) is 0 Å². The fourth-order valence-corrected chi connectivity index (χ4v) is 4.11. The molecule has 2 atom stereocenters. The van der Waals surface area contributed by atoms with Crippen LogP contribution in [0, 0.1) is 17.8 Å². The van der Waals surface area contributed by atoms with Crippen LogP contribution in [0.1, 0.15) is 19.3 Å². The first kappa shape index (κ1) is 12.2. The quantitative estimate of drug-likeness (QED) is 0.747. The molecular formula is C12H21NO2S. The zero-order valence-electron chi connectivity index (χ0n) is 9.91. The van der Waals surface area contributed by atoms with Crippen molar-refractivity contribution in [1.82, 2.24) is 5.32 Å². The lowest BCUT2D eigenvalue weighted by Gasteiger charge is -2.37. The number of carbonyl (C=O) groups is 1. The van der Waals surface area contributed by atoms with Gasteiger partial charge in [-0.2, -0.15) is 11.8 Å². The Labute approximate surface area is 102 Å². The number of hydrogen-bond acceptors (Lipinski definition) is 4. The van der Waals surface area contributed by atoms with Crippen molar-refractivity contribution in [2.45, 2.75) is 19.3 Å². The van der Waals surface area contributed by atoms with Crippen molar-refractivity contribution in [2.75, 3.05) is 31.7 Å². The maximum absolute atomic E-state index is 11.8.